The molecular weight excluding hydrogens is 350 g/mol. The number of ether oxygens (including phenoxy) is 1. The van der Waals surface area contributed by atoms with Crippen LogP contribution in [-0.2, 0) is 16.1 Å². The molecule has 0 saturated heterocycles. The van der Waals surface area contributed by atoms with Crippen LogP contribution in [0.5, 0.6) is 0 Å². The van der Waals surface area contributed by atoms with Crippen molar-refractivity contribution in [3.05, 3.63) is 71.8 Å². The highest BCUT2D eigenvalue weighted by molar-refractivity contribution is 6.73. The molecule has 0 bridgehead atoms. The first-order valence-electron chi connectivity index (χ1n) is 9.64. The predicted octanol–water partition coefficient (Wildman–Crippen LogP) is 5.80. The zero-order valence-electron chi connectivity index (χ0n) is 17.5. The van der Waals surface area contributed by atoms with Gasteiger partial charge in [0.25, 0.3) is 0 Å². The zero-order chi connectivity index (χ0) is 20.1. The summed E-state index contributed by atoms with van der Waals surface area (Å²) in [7, 11) is -1.72. The maximum atomic E-state index is 12.7. The average molecular weight is 384 g/mol. The predicted molar refractivity (Wildman–Crippen MR) is 115 cm³/mol. The number of benzene rings is 2. The van der Waals surface area contributed by atoms with Crippen molar-refractivity contribution in [2.24, 2.45) is 0 Å². The van der Waals surface area contributed by atoms with Crippen LogP contribution >= 0.6 is 0 Å². The maximum Gasteiger partial charge on any atom is 0.308 e. The van der Waals surface area contributed by atoms with E-state index in [-0.39, 0.29) is 12.0 Å². The van der Waals surface area contributed by atoms with Gasteiger partial charge >= 0.3 is 5.97 Å². The van der Waals surface area contributed by atoms with Gasteiger partial charge in [-0.05, 0) is 31.9 Å². The average Bonchev–Trinajstić information content (AvgIpc) is 2.57. The van der Waals surface area contributed by atoms with Crippen molar-refractivity contribution in [3.63, 3.8) is 0 Å². The van der Waals surface area contributed by atoms with E-state index in [1.54, 1.807) is 0 Å². The first kappa shape index (κ1) is 21.4. The molecule has 146 valence electrons. The summed E-state index contributed by atoms with van der Waals surface area (Å²) >= 11 is 0. The minimum absolute atomic E-state index is 0.00734. The highest BCUT2D eigenvalue weighted by atomic mass is 28.3. The Bertz CT molecular complexity index is 718. The van der Waals surface area contributed by atoms with Crippen LogP contribution in [0.15, 0.2) is 60.7 Å². The van der Waals surface area contributed by atoms with E-state index in [4.69, 9.17) is 4.74 Å². The van der Waals surface area contributed by atoms with Gasteiger partial charge in [-0.25, -0.2) is 0 Å². The van der Waals surface area contributed by atoms with Gasteiger partial charge < -0.3 is 9.30 Å². The minimum atomic E-state index is -1.72. The second-order valence-electron chi connectivity index (χ2n) is 9.00. The molecule has 4 heteroatoms. The topological polar surface area (TPSA) is 29.5 Å². The van der Waals surface area contributed by atoms with Gasteiger partial charge in [-0.3, -0.25) is 4.79 Å². The molecule has 0 heterocycles. The van der Waals surface area contributed by atoms with Crippen molar-refractivity contribution < 1.29 is 9.53 Å². The minimum Gasteiger partial charge on any atom is -0.460 e. The number of hydrogen-bond acceptors (Lipinski definition) is 3. The van der Waals surface area contributed by atoms with Crippen molar-refractivity contribution in [1.29, 1.82) is 0 Å². The number of nitrogens with zero attached hydrogens (tertiary/aromatic N) is 1. The van der Waals surface area contributed by atoms with E-state index in [0.717, 1.165) is 6.54 Å². The normalized spacial score (nSPS) is 13.4. The number of rotatable bonds is 7. The van der Waals surface area contributed by atoms with E-state index in [0.29, 0.717) is 6.42 Å². The smallest absolute Gasteiger partial charge is 0.308 e. The number of esters is 1. The lowest BCUT2D eigenvalue weighted by Crippen LogP contribution is -2.48. The first-order chi connectivity index (χ1) is 12.6. The van der Waals surface area contributed by atoms with Crippen LogP contribution in [0.1, 0.15) is 44.4 Å². The lowest BCUT2D eigenvalue weighted by atomic mass is 10.0. The Morgan fingerprint density at radius 3 is 1.96 bits per heavy atom. The third kappa shape index (κ3) is 6.96. The van der Waals surface area contributed by atoms with Gasteiger partial charge in [0.05, 0.1) is 6.42 Å². The van der Waals surface area contributed by atoms with E-state index >= 15 is 0 Å². The second-order valence-corrected chi connectivity index (χ2v) is 13.9. The lowest BCUT2D eigenvalue weighted by molar-refractivity contribution is -0.156. The molecule has 0 radical (unpaired) electrons. The summed E-state index contributed by atoms with van der Waals surface area (Å²) < 4.78 is 8.18. The van der Waals surface area contributed by atoms with E-state index in [1.807, 2.05) is 45.0 Å². The van der Waals surface area contributed by atoms with Crippen molar-refractivity contribution in [1.82, 2.24) is 4.57 Å². The SMILES string of the molecule is CC(C)(C)OC(=O)C[C@H](c1ccccc1)N(Cc1ccccc1)[Si](C)(C)C. The Morgan fingerprint density at radius 2 is 1.48 bits per heavy atom. The fraction of sp³-hybridized carbons (Fsp3) is 0.435. The molecule has 0 aromatic heterocycles. The summed E-state index contributed by atoms with van der Waals surface area (Å²) in [5.74, 6) is -0.146. The molecule has 0 spiro atoms. The monoisotopic (exact) mass is 383 g/mol. The van der Waals surface area contributed by atoms with E-state index in [2.05, 4.69) is 60.6 Å². The van der Waals surface area contributed by atoms with Gasteiger partial charge in [-0.15, -0.1) is 0 Å². The summed E-state index contributed by atoms with van der Waals surface area (Å²) in [4.78, 5) is 12.7. The molecule has 0 saturated carbocycles. The quantitative estimate of drug-likeness (QED) is 0.447. The summed E-state index contributed by atoms with van der Waals surface area (Å²) in [6, 6.07) is 20.8. The summed E-state index contributed by atoms with van der Waals surface area (Å²) in [6.07, 6.45) is 0.360. The fourth-order valence-electron chi connectivity index (χ4n) is 3.22. The Kier molecular flexibility index (Phi) is 7.01. The standard InChI is InChI=1S/C23H33NO2Si/c1-23(2,3)26-22(25)17-21(20-15-11-8-12-16-20)24(27(4,5)6)18-19-13-9-7-10-14-19/h7-16,21H,17-18H2,1-6H3/t21-/m1/s1. The van der Waals surface area contributed by atoms with Crippen LogP contribution in [0.3, 0.4) is 0 Å². The number of hydrogen-bond donors (Lipinski definition) is 0. The molecule has 27 heavy (non-hydrogen) atoms. The largest absolute Gasteiger partial charge is 0.460 e. The van der Waals surface area contributed by atoms with Gasteiger partial charge in [0.1, 0.15) is 13.8 Å². The van der Waals surface area contributed by atoms with Gasteiger partial charge in [-0.1, -0.05) is 80.3 Å². The van der Waals surface area contributed by atoms with Crippen molar-refractivity contribution in [2.45, 2.75) is 65.0 Å². The Labute approximate surface area is 165 Å². The van der Waals surface area contributed by atoms with Gasteiger partial charge in [0.2, 0.25) is 0 Å². The molecule has 2 aromatic rings. The highest BCUT2D eigenvalue weighted by Gasteiger charge is 2.34. The van der Waals surface area contributed by atoms with Crippen LogP contribution in [0.2, 0.25) is 19.6 Å². The van der Waals surface area contributed by atoms with Gasteiger partial charge in [0.15, 0.2) is 0 Å². The van der Waals surface area contributed by atoms with Crippen molar-refractivity contribution >= 4 is 14.2 Å². The Hall–Kier alpha value is -1.91. The molecule has 2 rings (SSSR count). The molecule has 2 aromatic carbocycles. The summed E-state index contributed by atoms with van der Waals surface area (Å²) in [5.41, 5.74) is 1.97. The molecule has 0 aliphatic heterocycles. The first-order valence-corrected chi connectivity index (χ1v) is 13.1. The maximum absolute atomic E-state index is 12.7. The fourth-order valence-corrected chi connectivity index (χ4v) is 5.05. The second kappa shape index (κ2) is 8.85. The molecule has 0 unspecified atom stereocenters. The van der Waals surface area contributed by atoms with E-state index in [1.165, 1.54) is 11.1 Å². The molecule has 0 N–H and O–H groups in total. The third-order valence-corrected chi connectivity index (χ3v) is 6.59. The zero-order valence-corrected chi connectivity index (χ0v) is 18.5. The van der Waals surface area contributed by atoms with E-state index < -0.39 is 13.8 Å². The van der Waals surface area contributed by atoms with Crippen LogP contribution in [-0.4, -0.2) is 24.4 Å². The molecule has 1 atom stereocenters. The van der Waals surface area contributed by atoms with Crippen LogP contribution in [0.4, 0.5) is 0 Å². The summed E-state index contributed by atoms with van der Waals surface area (Å²) in [6.45, 7) is 13.6. The van der Waals surface area contributed by atoms with Crippen LogP contribution in [0, 0.1) is 0 Å². The molecular formula is C23H33NO2Si. The lowest BCUT2D eigenvalue weighted by Gasteiger charge is -2.41. The molecule has 0 amide bonds. The van der Waals surface area contributed by atoms with Crippen LogP contribution < -0.4 is 0 Å². The third-order valence-electron chi connectivity index (χ3n) is 4.40. The van der Waals surface area contributed by atoms with Crippen molar-refractivity contribution in [3.8, 4) is 0 Å². The molecule has 0 aliphatic carbocycles. The van der Waals surface area contributed by atoms with Gasteiger partial charge in [0, 0.05) is 12.6 Å². The molecule has 3 nitrogen and oxygen atoms in total. The molecule has 0 fully saturated rings. The van der Waals surface area contributed by atoms with E-state index in [9.17, 15) is 4.79 Å². The highest BCUT2D eigenvalue weighted by Crippen LogP contribution is 2.32. The number of carbonyl (C=O) groups excluding carboxylic acids is 1. The van der Waals surface area contributed by atoms with Gasteiger partial charge in [-0.2, -0.15) is 0 Å². The number of carbonyl (C=O) groups is 1. The molecule has 0 aliphatic rings. The Balaban J connectivity index is 2.36. The van der Waals surface area contributed by atoms with Crippen molar-refractivity contribution in [2.75, 3.05) is 0 Å². The Morgan fingerprint density at radius 1 is 0.963 bits per heavy atom. The summed E-state index contributed by atoms with van der Waals surface area (Å²) in [5, 5.41) is 0. The van der Waals surface area contributed by atoms with Crippen LogP contribution in [0.25, 0.3) is 0 Å².